The van der Waals surface area contributed by atoms with Crippen LogP contribution >= 0.6 is 11.6 Å². The number of aliphatic hydroxyl groups excluding tert-OH is 1. The number of carbonyl (C=O) groups is 1. The molecule has 1 heterocycles. The number of benzene rings is 2. The van der Waals surface area contributed by atoms with Gasteiger partial charge in [0.15, 0.2) is 0 Å². The van der Waals surface area contributed by atoms with Crippen molar-refractivity contribution in [3.63, 3.8) is 0 Å². The van der Waals surface area contributed by atoms with Crippen molar-refractivity contribution in [3.05, 3.63) is 82.0 Å². The molecule has 2 aromatic carbocycles. The molecule has 0 aliphatic rings. The molecule has 0 bridgehead atoms. The lowest BCUT2D eigenvalue weighted by molar-refractivity contribution is -0.118. The molecule has 0 aliphatic heterocycles. The second-order valence-electron chi connectivity index (χ2n) is 7.12. The van der Waals surface area contributed by atoms with Crippen LogP contribution in [0.15, 0.2) is 52.9 Å². The van der Waals surface area contributed by atoms with Crippen molar-refractivity contribution in [2.75, 3.05) is 6.61 Å². The van der Waals surface area contributed by atoms with E-state index in [4.69, 9.17) is 21.1 Å². The first-order valence-electron chi connectivity index (χ1n) is 9.84. The summed E-state index contributed by atoms with van der Waals surface area (Å²) in [6.07, 6.45) is 2.57. The van der Waals surface area contributed by atoms with Crippen LogP contribution in [0.5, 0.6) is 0 Å². The standard InChI is InChI=1S/C23H25ClN2O3/c1-2-16-3-5-17(6-4-16)13-19(23-26-25-22(29-23)11-12-27)15-21(28)14-18-7-9-20(24)10-8-18/h3-10,19,27H,2,11-15H2,1H3/t19-/m1/s1. The Bertz CT molecular complexity index is 920. The van der Waals surface area contributed by atoms with Crippen LogP contribution in [0.25, 0.3) is 0 Å². The molecule has 3 rings (SSSR count). The van der Waals surface area contributed by atoms with E-state index in [1.807, 2.05) is 12.1 Å². The van der Waals surface area contributed by atoms with Crippen molar-refractivity contribution < 1.29 is 14.3 Å². The van der Waals surface area contributed by atoms with E-state index in [0.29, 0.717) is 42.5 Å². The van der Waals surface area contributed by atoms with E-state index in [0.717, 1.165) is 17.5 Å². The van der Waals surface area contributed by atoms with Gasteiger partial charge in [0.2, 0.25) is 11.8 Å². The highest BCUT2D eigenvalue weighted by atomic mass is 35.5. The molecule has 3 aromatic rings. The van der Waals surface area contributed by atoms with Gasteiger partial charge in [-0.25, -0.2) is 0 Å². The lowest BCUT2D eigenvalue weighted by Crippen LogP contribution is -2.12. The molecule has 6 heteroatoms. The molecule has 0 spiro atoms. The Morgan fingerprint density at radius 3 is 2.34 bits per heavy atom. The van der Waals surface area contributed by atoms with Gasteiger partial charge >= 0.3 is 0 Å². The fraction of sp³-hybridized carbons (Fsp3) is 0.348. The largest absolute Gasteiger partial charge is 0.425 e. The first-order chi connectivity index (χ1) is 14.1. The zero-order valence-corrected chi connectivity index (χ0v) is 17.2. The van der Waals surface area contributed by atoms with Crippen LogP contribution in [0.1, 0.15) is 47.7 Å². The summed E-state index contributed by atoms with van der Waals surface area (Å²) in [6.45, 7) is 2.06. The van der Waals surface area contributed by atoms with Crippen LogP contribution in [0.2, 0.25) is 5.02 Å². The summed E-state index contributed by atoms with van der Waals surface area (Å²) in [5.74, 6) is 0.725. The fourth-order valence-electron chi connectivity index (χ4n) is 3.25. The van der Waals surface area contributed by atoms with E-state index in [2.05, 4.69) is 41.4 Å². The van der Waals surface area contributed by atoms with Crippen molar-refractivity contribution in [1.29, 1.82) is 0 Å². The number of hydrogen-bond donors (Lipinski definition) is 1. The van der Waals surface area contributed by atoms with Gasteiger partial charge in [-0.05, 0) is 41.7 Å². The van der Waals surface area contributed by atoms with E-state index in [-0.39, 0.29) is 18.3 Å². The molecule has 1 aromatic heterocycles. The Morgan fingerprint density at radius 2 is 1.69 bits per heavy atom. The average molecular weight is 413 g/mol. The molecular formula is C23H25ClN2O3. The number of ketones is 1. The van der Waals surface area contributed by atoms with Gasteiger partial charge < -0.3 is 9.52 Å². The highest BCUT2D eigenvalue weighted by Gasteiger charge is 2.23. The van der Waals surface area contributed by atoms with Gasteiger partial charge in [-0.3, -0.25) is 4.79 Å². The van der Waals surface area contributed by atoms with Gasteiger partial charge in [0.25, 0.3) is 0 Å². The number of hydrogen-bond acceptors (Lipinski definition) is 5. The summed E-state index contributed by atoms with van der Waals surface area (Å²) < 4.78 is 5.72. The van der Waals surface area contributed by atoms with Crippen LogP contribution < -0.4 is 0 Å². The molecule has 0 amide bonds. The summed E-state index contributed by atoms with van der Waals surface area (Å²) >= 11 is 5.92. The summed E-state index contributed by atoms with van der Waals surface area (Å²) in [5, 5.41) is 17.9. The number of Topliss-reactive ketones (excluding diaryl/α,β-unsaturated/α-hetero) is 1. The number of nitrogens with zero attached hydrogens (tertiary/aromatic N) is 2. The maximum Gasteiger partial charge on any atom is 0.220 e. The molecule has 5 nitrogen and oxygen atoms in total. The molecular weight excluding hydrogens is 388 g/mol. The summed E-state index contributed by atoms with van der Waals surface area (Å²) in [4.78, 5) is 12.7. The van der Waals surface area contributed by atoms with Crippen molar-refractivity contribution in [3.8, 4) is 0 Å². The van der Waals surface area contributed by atoms with Crippen molar-refractivity contribution >= 4 is 17.4 Å². The lowest BCUT2D eigenvalue weighted by atomic mass is 9.91. The minimum atomic E-state index is -0.206. The Kier molecular flexibility index (Phi) is 7.55. The maximum atomic E-state index is 12.7. The van der Waals surface area contributed by atoms with E-state index in [9.17, 15) is 4.79 Å². The molecule has 0 aliphatic carbocycles. The zero-order chi connectivity index (χ0) is 20.6. The van der Waals surface area contributed by atoms with Gasteiger partial charge in [0.1, 0.15) is 5.78 Å². The predicted octanol–water partition coefficient (Wildman–Crippen LogP) is 4.35. The van der Waals surface area contributed by atoms with Crippen LogP contribution in [0, 0.1) is 0 Å². The van der Waals surface area contributed by atoms with Crippen molar-refractivity contribution in [2.45, 2.75) is 44.9 Å². The SMILES string of the molecule is CCc1ccc(C[C@H](CC(=O)Cc2ccc(Cl)cc2)c2nnc(CCO)o2)cc1. The minimum Gasteiger partial charge on any atom is -0.425 e. The molecule has 0 fully saturated rings. The molecule has 1 atom stereocenters. The van der Waals surface area contributed by atoms with E-state index >= 15 is 0 Å². The third kappa shape index (κ3) is 6.24. The molecule has 152 valence electrons. The third-order valence-corrected chi connectivity index (χ3v) is 5.11. The first-order valence-corrected chi connectivity index (χ1v) is 10.2. The normalized spacial score (nSPS) is 12.1. The number of rotatable bonds is 10. The van der Waals surface area contributed by atoms with E-state index in [1.165, 1.54) is 5.56 Å². The van der Waals surface area contributed by atoms with Crippen molar-refractivity contribution in [2.24, 2.45) is 0 Å². The number of aromatic nitrogens is 2. The van der Waals surface area contributed by atoms with Gasteiger partial charge in [0.05, 0.1) is 6.61 Å². The Balaban J connectivity index is 1.75. The summed E-state index contributed by atoms with van der Waals surface area (Å²) in [6, 6.07) is 15.7. The summed E-state index contributed by atoms with van der Waals surface area (Å²) in [5.41, 5.74) is 3.32. The fourth-order valence-corrected chi connectivity index (χ4v) is 3.37. The van der Waals surface area contributed by atoms with Gasteiger partial charge in [0, 0.05) is 30.2 Å². The zero-order valence-electron chi connectivity index (χ0n) is 16.5. The number of aryl methyl sites for hydroxylation is 1. The lowest BCUT2D eigenvalue weighted by Gasteiger charge is -2.13. The Hall–Kier alpha value is -2.50. The van der Waals surface area contributed by atoms with Crippen molar-refractivity contribution in [1.82, 2.24) is 10.2 Å². The van der Waals surface area contributed by atoms with Crippen LogP contribution in [-0.4, -0.2) is 27.7 Å². The van der Waals surface area contributed by atoms with E-state index in [1.54, 1.807) is 12.1 Å². The Morgan fingerprint density at radius 1 is 1.03 bits per heavy atom. The highest BCUT2D eigenvalue weighted by Crippen LogP contribution is 2.25. The monoisotopic (exact) mass is 412 g/mol. The second kappa shape index (κ2) is 10.3. The van der Waals surface area contributed by atoms with Gasteiger partial charge in [-0.2, -0.15) is 0 Å². The molecule has 0 unspecified atom stereocenters. The van der Waals surface area contributed by atoms with Crippen LogP contribution in [0.4, 0.5) is 0 Å². The number of carbonyl (C=O) groups excluding carboxylic acids is 1. The second-order valence-corrected chi connectivity index (χ2v) is 7.56. The third-order valence-electron chi connectivity index (χ3n) is 4.86. The quantitative estimate of drug-likeness (QED) is 0.535. The number of aliphatic hydroxyl groups is 1. The first kappa shape index (κ1) is 21.2. The summed E-state index contributed by atoms with van der Waals surface area (Å²) in [7, 11) is 0. The molecule has 0 saturated carbocycles. The maximum absolute atomic E-state index is 12.7. The minimum absolute atomic E-state index is 0.0553. The highest BCUT2D eigenvalue weighted by molar-refractivity contribution is 6.30. The topological polar surface area (TPSA) is 76.2 Å². The van der Waals surface area contributed by atoms with Gasteiger partial charge in [-0.1, -0.05) is 54.9 Å². The van der Waals surface area contributed by atoms with E-state index < -0.39 is 0 Å². The number of halogens is 1. The molecule has 1 N–H and O–H groups in total. The Labute approximate surface area is 175 Å². The molecule has 29 heavy (non-hydrogen) atoms. The average Bonchev–Trinajstić information content (AvgIpc) is 3.19. The predicted molar refractivity (Wildman–Crippen MR) is 112 cm³/mol. The van der Waals surface area contributed by atoms with Crippen LogP contribution in [-0.2, 0) is 30.5 Å². The molecule has 0 saturated heterocycles. The smallest absolute Gasteiger partial charge is 0.220 e. The van der Waals surface area contributed by atoms with Crippen LogP contribution in [0.3, 0.4) is 0 Å². The molecule has 0 radical (unpaired) electrons. The van der Waals surface area contributed by atoms with Gasteiger partial charge in [-0.15, -0.1) is 10.2 Å².